The van der Waals surface area contributed by atoms with E-state index in [1.54, 1.807) is 16.8 Å². The summed E-state index contributed by atoms with van der Waals surface area (Å²) >= 11 is 0. The number of rotatable bonds is 5. The normalized spacial score (nSPS) is 11.2. The third-order valence-electron chi connectivity index (χ3n) is 4.43. The maximum Gasteiger partial charge on any atom is 0.204 e. The number of para-hydroxylation sites is 1. The van der Waals surface area contributed by atoms with Crippen LogP contribution in [0.1, 0.15) is 18.2 Å². The van der Waals surface area contributed by atoms with Gasteiger partial charge in [-0.25, -0.2) is 4.68 Å². The Morgan fingerprint density at radius 1 is 0.893 bits per heavy atom. The highest BCUT2D eigenvalue weighted by Gasteiger charge is 2.11. The highest BCUT2D eigenvalue weighted by molar-refractivity contribution is 5.90. The van der Waals surface area contributed by atoms with Gasteiger partial charge in [-0.05, 0) is 48.9 Å². The van der Waals surface area contributed by atoms with Gasteiger partial charge in [0.1, 0.15) is 11.3 Å². The van der Waals surface area contributed by atoms with Gasteiger partial charge in [-0.2, -0.15) is 5.10 Å². The molecule has 0 aliphatic carbocycles. The molecule has 4 nitrogen and oxygen atoms in total. The van der Waals surface area contributed by atoms with Crippen molar-refractivity contribution in [1.82, 2.24) is 9.78 Å². The summed E-state index contributed by atoms with van der Waals surface area (Å²) in [6, 6.07) is 24.7. The molecule has 0 atom stereocenters. The maximum absolute atomic E-state index is 12.7. The van der Waals surface area contributed by atoms with E-state index in [2.05, 4.69) is 0 Å². The Morgan fingerprint density at radius 3 is 2.36 bits per heavy atom. The van der Waals surface area contributed by atoms with E-state index in [-0.39, 0.29) is 5.43 Å². The zero-order valence-corrected chi connectivity index (χ0v) is 15.6. The van der Waals surface area contributed by atoms with Gasteiger partial charge < -0.3 is 4.74 Å². The molecule has 0 unspecified atom stereocenters. The number of fused-ring (bicyclic) bond motifs is 1. The molecular formula is C24H20N2O2. The minimum absolute atomic E-state index is 0.0583. The largest absolute Gasteiger partial charge is 0.494 e. The topological polar surface area (TPSA) is 44.1 Å². The van der Waals surface area contributed by atoms with Crippen molar-refractivity contribution in [2.24, 2.45) is 0 Å². The van der Waals surface area contributed by atoms with E-state index in [1.807, 2.05) is 85.8 Å². The Labute approximate surface area is 163 Å². The van der Waals surface area contributed by atoms with Crippen LogP contribution in [0.25, 0.3) is 28.7 Å². The van der Waals surface area contributed by atoms with Crippen LogP contribution in [0.5, 0.6) is 5.75 Å². The summed E-state index contributed by atoms with van der Waals surface area (Å²) in [5, 5.41) is 5.54. The van der Waals surface area contributed by atoms with Crippen molar-refractivity contribution in [1.29, 1.82) is 0 Å². The van der Waals surface area contributed by atoms with Gasteiger partial charge in [0.15, 0.2) is 0 Å². The molecule has 0 saturated carbocycles. The quantitative estimate of drug-likeness (QED) is 0.500. The number of nitrogens with zero attached hydrogens (tertiary/aromatic N) is 2. The fraction of sp³-hybridized carbons (Fsp3) is 0.0833. The summed E-state index contributed by atoms with van der Waals surface area (Å²) in [6.45, 7) is 2.61. The molecule has 0 fully saturated rings. The van der Waals surface area contributed by atoms with E-state index in [9.17, 15) is 4.79 Å². The highest BCUT2D eigenvalue weighted by Crippen LogP contribution is 2.21. The van der Waals surface area contributed by atoms with Crippen molar-refractivity contribution < 1.29 is 4.74 Å². The Hall–Kier alpha value is -3.66. The fourth-order valence-electron chi connectivity index (χ4n) is 3.12. The number of hydrogen-bond donors (Lipinski definition) is 0. The first-order valence-corrected chi connectivity index (χ1v) is 9.24. The molecule has 28 heavy (non-hydrogen) atoms. The number of aromatic nitrogens is 2. The molecule has 1 aromatic heterocycles. The molecule has 0 amide bonds. The number of benzene rings is 2. The Morgan fingerprint density at radius 2 is 1.61 bits per heavy atom. The van der Waals surface area contributed by atoms with Crippen molar-refractivity contribution in [2.75, 3.05) is 6.61 Å². The Kier molecular flexibility index (Phi) is 5.02. The second-order valence-corrected chi connectivity index (χ2v) is 6.31. The molecule has 4 rings (SSSR count). The monoisotopic (exact) mass is 368 g/mol. The number of ether oxygens (including phenoxy) is 1. The van der Waals surface area contributed by atoms with Gasteiger partial charge in [0.25, 0.3) is 0 Å². The number of hydrogen-bond acceptors (Lipinski definition) is 3. The lowest BCUT2D eigenvalue weighted by atomic mass is 10.1. The molecule has 138 valence electrons. The second kappa shape index (κ2) is 7.92. The van der Waals surface area contributed by atoms with E-state index < -0.39 is 0 Å². The highest BCUT2D eigenvalue weighted by atomic mass is 16.5. The molecule has 1 heterocycles. The van der Waals surface area contributed by atoms with Crippen LogP contribution < -0.4 is 10.2 Å². The molecule has 0 bridgehead atoms. The van der Waals surface area contributed by atoms with Crippen LogP contribution in [0.15, 0.2) is 83.7 Å². The van der Waals surface area contributed by atoms with Gasteiger partial charge in [-0.1, -0.05) is 54.6 Å². The first-order chi connectivity index (χ1) is 13.8. The average molecular weight is 368 g/mol. The summed E-state index contributed by atoms with van der Waals surface area (Å²) in [7, 11) is 0. The van der Waals surface area contributed by atoms with Gasteiger partial charge in [0.05, 0.1) is 18.0 Å². The average Bonchev–Trinajstić information content (AvgIpc) is 2.99. The molecule has 0 saturated heterocycles. The standard InChI is InChI=1S/C24H20N2O2/c1-2-28-20-15-12-18(13-16-20)14-17-22-21-10-6-7-11-23(27)24(21)26(25-22)19-8-4-3-5-9-19/h3-17H,2H2,1H3/b17-14-. The van der Waals surface area contributed by atoms with Crippen molar-refractivity contribution in [3.05, 3.63) is 100 Å². The van der Waals surface area contributed by atoms with Crippen molar-refractivity contribution in [3.63, 3.8) is 0 Å². The lowest BCUT2D eigenvalue weighted by Crippen LogP contribution is -2.04. The van der Waals surface area contributed by atoms with E-state index in [0.717, 1.165) is 28.1 Å². The minimum Gasteiger partial charge on any atom is -0.494 e. The SMILES string of the molecule is CCOc1ccc(/C=C\c2nn(-c3ccccc3)c3c(=O)ccccc23)cc1. The molecule has 0 spiro atoms. The van der Waals surface area contributed by atoms with Crippen LogP contribution >= 0.6 is 0 Å². The molecule has 4 heteroatoms. The molecule has 0 radical (unpaired) electrons. The zero-order valence-electron chi connectivity index (χ0n) is 15.6. The summed E-state index contributed by atoms with van der Waals surface area (Å²) in [4.78, 5) is 12.7. The predicted molar refractivity (Wildman–Crippen MR) is 114 cm³/mol. The van der Waals surface area contributed by atoms with Gasteiger partial charge in [-0.15, -0.1) is 0 Å². The first kappa shape index (κ1) is 17.7. The van der Waals surface area contributed by atoms with Gasteiger partial charge >= 0.3 is 0 Å². The molecule has 3 aromatic carbocycles. The summed E-state index contributed by atoms with van der Waals surface area (Å²) in [5.41, 5.74) is 3.16. The Balaban J connectivity index is 1.80. The van der Waals surface area contributed by atoms with E-state index in [0.29, 0.717) is 12.1 Å². The van der Waals surface area contributed by atoms with Crippen LogP contribution in [0.2, 0.25) is 0 Å². The second-order valence-electron chi connectivity index (χ2n) is 6.31. The van der Waals surface area contributed by atoms with Crippen molar-refractivity contribution in [3.8, 4) is 11.4 Å². The van der Waals surface area contributed by atoms with Crippen molar-refractivity contribution in [2.45, 2.75) is 6.92 Å². The lowest BCUT2D eigenvalue weighted by Gasteiger charge is -2.02. The minimum atomic E-state index is -0.0583. The van der Waals surface area contributed by atoms with Gasteiger partial charge in [0, 0.05) is 5.39 Å². The van der Waals surface area contributed by atoms with Gasteiger partial charge in [-0.3, -0.25) is 4.79 Å². The molecule has 0 N–H and O–H groups in total. The third-order valence-corrected chi connectivity index (χ3v) is 4.43. The van der Waals surface area contributed by atoms with E-state index in [4.69, 9.17) is 9.84 Å². The maximum atomic E-state index is 12.7. The fourth-order valence-corrected chi connectivity index (χ4v) is 3.12. The van der Waals surface area contributed by atoms with E-state index in [1.165, 1.54) is 0 Å². The molecule has 4 aromatic rings. The summed E-state index contributed by atoms with van der Waals surface area (Å²) < 4.78 is 7.20. The van der Waals surface area contributed by atoms with Crippen LogP contribution in [-0.4, -0.2) is 16.4 Å². The molecule has 0 aliphatic rings. The van der Waals surface area contributed by atoms with Crippen molar-refractivity contribution >= 4 is 23.1 Å². The lowest BCUT2D eigenvalue weighted by molar-refractivity contribution is 0.340. The molecule has 0 aliphatic heterocycles. The summed E-state index contributed by atoms with van der Waals surface area (Å²) in [5.74, 6) is 0.849. The van der Waals surface area contributed by atoms with Crippen LogP contribution in [-0.2, 0) is 0 Å². The smallest absolute Gasteiger partial charge is 0.204 e. The van der Waals surface area contributed by atoms with Gasteiger partial charge in [0.2, 0.25) is 5.43 Å². The van der Waals surface area contributed by atoms with Crippen LogP contribution in [0, 0.1) is 0 Å². The molecular weight excluding hydrogens is 348 g/mol. The van der Waals surface area contributed by atoms with Crippen LogP contribution in [0.3, 0.4) is 0 Å². The Bertz CT molecular complexity index is 1180. The predicted octanol–water partition coefficient (Wildman–Crippen LogP) is 4.95. The first-order valence-electron chi connectivity index (χ1n) is 9.24. The summed E-state index contributed by atoms with van der Waals surface area (Å²) in [6.07, 6.45) is 3.93. The third kappa shape index (κ3) is 3.58. The van der Waals surface area contributed by atoms with Crippen LogP contribution in [0.4, 0.5) is 0 Å². The zero-order chi connectivity index (χ0) is 19.3. The van der Waals surface area contributed by atoms with E-state index >= 15 is 0 Å².